The third kappa shape index (κ3) is 4.47. The second-order valence-electron chi connectivity index (χ2n) is 5.58. The number of aromatic nitrogens is 1. The van der Waals surface area contributed by atoms with Gasteiger partial charge in [-0.2, -0.15) is 0 Å². The highest BCUT2D eigenvalue weighted by molar-refractivity contribution is 7.12. The molecule has 0 bridgehead atoms. The van der Waals surface area contributed by atoms with Gasteiger partial charge in [0, 0.05) is 16.0 Å². The normalized spacial score (nSPS) is 11.7. The highest BCUT2D eigenvalue weighted by atomic mass is 35.5. The van der Waals surface area contributed by atoms with Crippen LogP contribution in [0, 0.1) is 0 Å². The number of hydrogen-bond donors (Lipinski definition) is 2. The van der Waals surface area contributed by atoms with Gasteiger partial charge in [0.25, 0.3) is 5.91 Å². The topological polar surface area (TPSA) is 79.3 Å². The maximum absolute atomic E-state index is 12.5. The molecular formula is C19H15ClN2O3S. The number of nitrogens with one attached hydrogen (secondary N) is 1. The van der Waals surface area contributed by atoms with E-state index < -0.39 is 17.9 Å². The standard InChI is InChI=1S/C19H15ClN2O3S/c20-14-8-6-13(7-9-14)15(10-17(23)24)21-18(25)19-22-16(11-26-19)12-4-2-1-3-5-12/h1-9,11,15H,10H2,(H,21,25)(H,23,24). The molecule has 26 heavy (non-hydrogen) atoms. The molecule has 0 saturated heterocycles. The Morgan fingerprint density at radius 3 is 2.46 bits per heavy atom. The molecule has 0 radical (unpaired) electrons. The summed E-state index contributed by atoms with van der Waals surface area (Å²) in [5.74, 6) is -1.41. The number of carbonyl (C=O) groups excluding carboxylic acids is 1. The van der Waals surface area contributed by atoms with Crippen LogP contribution in [0.25, 0.3) is 11.3 Å². The van der Waals surface area contributed by atoms with Crippen molar-refractivity contribution in [3.63, 3.8) is 0 Å². The van der Waals surface area contributed by atoms with Crippen molar-refractivity contribution < 1.29 is 14.7 Å². The van der Waals surface area contributed by atoms with Gasteiger partial charge in [-0.25, -0.2) is 4.98 Å². The monoisotopic (exact) mass is 386 g/mol. The van der Waals surface area contributed by atoms with Crippen LogP contribution in [0.4, 0.5) is 0 Å². The predicted octanol–water partition coefficient (Wildman–Crippen LogP) is 4.41. The number of carboxylic acids is 1. The van der Waals surface area contributed by atoms with Crippen LogP contribution in [-0.2, 0) is 4.79 Å². The molecule has 1 heterocycles. The van der Waals surface area contributed by atoms with Crippen LogP contribution in [0.2, 0.25) is 5.02 Å². The summed E-state index contributed by atoms with van der Waals surface area (Å²) in [6.07, 6.45) is -0.232. The van der Waals surface area contributed by atoms with Crippen LogP contribution >= 0.6 is 22.9 Å². The molecule has 1 unspecified atom stereocenters. The molecule has 0 spiro atoms. The van der Waals surface area contributed by atoms with Crippen LogP contribution in [0.5, 0.6) is 0 Å². The third-order valence-corrected chi connectivity index (χ3v) is 4.82. The van der Waals surface area contributed by atoms with Crippen molar-refractivity contribution in [2.75, 3.05) is 0 Å². The van der Waals surface area contributed by atoms with Crippen molar-refractivity contribution in [1.29, 1.82) is 0 Å². The van der Waals surface area contributed by atoms with Gasteiger partial charge in [0.2, 0.25) is 0 Å². The average molecular weight is 387 g/mol. The molecule has 1 aromatic heterocycles. The highest BCUT2D eigenvalue weighted by Crippen LogP contribution is 2.24. The zero-order valence-corrected chi connectivity index (χ0v) is 15.1. The number of nitrogens with zero attached hydrogens (tertiary/aromatic N) is 1. The first kappa shape index (κ1) is 18.1. The van der Waals surface area contributed by atoms with Crippen LogP contribution in [-0.4, -0.2) is 22.0 Å². The molecule has 1 atom stereocenters. The smallest absolute Gasteiger partial charge is 0.305 e. The van der Waals surface area contributed by atoms with Crippen molar-refractivity contribution in [3.05, 3.63) is 75.6 Å². The van der Waals surface area contributed by atoms with Crippen molar-refractivity contribution in [2.45, 2.75) is 12.5 Å². The lowest BCUT2D eigenvalue weighted by molar-refractivity contribution is -0.137. The molecule has 2 N–H and O–H groups in total. The number of thiazole rings is 1. The van der Waals surface area contributed by atoms with Crippen LogP contribution in [0.15, 0.2) is 60.0 Å². The van der Waals surface area contributed by atoms with Crippen molar-refractivity contribution >= 4 is 34.8 Å². The summed E-state index contributed by atoms with van der Waals surface area (Å²) < 4.78 is 0. The van der Waals surface area contributed by atoms with Gasteiger partial charge in [-0.15, -0.1) is 11.3 Å². The number of hydrogen-bond acceptors (Lipinski definition) is 4. The molecule has 2 aromatic carbocycles. The van der Waals surface area contributed by atoms with Gasteiger partial charge in [0.15, 0.2) is 5.01 Å². The fourth-order valence-electron chi connectivity index (χ4n) is 2.46. The second kappa shape index (κ2) is 8.12. The van der Waals surface area contributed by atoms with Gasteiger partial charge >= 0.3 is 5.97 Å². The molecule has 3 rings (SSSR count). The van der Waals surface area contributed by atoms with Crippen LogP contribution < -0.4 is 5.32 Å². The summed E-state index contributed by atoms with van der Waals surface area (Å²) in [4.78, 5) is 28.1. The molecule has 7 heteroatoms. The Kier molecular flexibility index (Phi) is 5.65. The van der Waals surface area contributed by atoms with E-state index in [-0.39, 0.29) is 11.4 Å². The van der Waals surface area contributed by atoms with Gasteiger partial charge in [0.05, 0.1) is 18.2 Å². The molecule has 0 fully saturated rings. The number of halogens is 1. The Bertz CT molecular complexity index is 910. The Morgan fingerprint density at radius 1 is 1.12 bits per heavy atom. The largest absolute Gasteiger partial charge is 0.481 e. The summed E-state index contributed by atoms with van der Waals surface area (Å²) in [6.45, 7) is 0. The third-order valence-electron chi connectivity index (χ3n) is 3.72. The molecule has 1 amide bonds. The predicted molar refractivity (Wildman–Crippen MR) is 101 cm³/mol. The molecular weight excluding hydrogens is 372 g/mol. The summed E-state index contributed by atoms with van der Waals surface area (Å²) in [7, 11) is 0. The van der Waals surface area contributed by atoms with E-state index in [9.17, 15) is 9.59 Å². The lowest BCUT2D eigenvalue weighted by atomic mass is 10.0. The fourth-order valence-corrected chi connectivity index (χ4v) is 3.32. The van der Waals surface area contributed by atoms with E-state index in [1.54, 1.807) is 29.6 Å². The SMILES string of the molecule is O=C(O)CC(NC(=O)c1nc(-c2ccccc2)cs1)c1ccc(Cl)cc1. The van der Waals surface area contributed by atoms with E-state index in [1.165, 1.54) is 11.3 Å². The van der Waals surface area contributed by atoms with E-state index in [4.69, 9.17) is 16.7 Å². The zero-order chi connectivity index (χ0) is 18.5. The first-order valence-electron chi connectivity index (χ1n) is 7.82. The highest BCUT2D eigenvalue weighted by Gasteiger charge is 2.21. The second-order valence-corrected chi connectivity index (χ2v) is 6.87. The van der Waals surface area contributed by atoms with E-state index >= 15 is 0 Å². The number of amides is 1. The molecule has 3 aromatic rings. The number of carbonyl (C=O) groups is 2. The summed E-state index contributed by atoms with van der Waals surface area (Å²) in [6, 6.07) is 15.6. The Morgan fingerprint density at radius 2 is 1.81 bits per heavy atom. The lowest BCUT2D eigenvalue weighted by Crippen LogP contribution is -2.30. The molecule has 132 valence electrons. The summed E-state index contributed by atoms with van der Waals surface area (Å²) >= 11 is 7.09. The van der Waals surface area contributed by atoms with Crippen LogP contribution in [0.1, 0.15) is 27.8 Å². The fraction of sp³-hybridized carbons (Fsp3) is 0.105. The maximum atomic E-state index is 12.5. The average Bonchev–Trinajstić information content (AvgIpc) is 3.12. The number of benzene rings is 2. The van der Waals surface area contributed by atoms with Crippen molar-refractivity contribution in [1.82, 2.24) is 10.3 Å². The lowest BCUT2D eigenvalue weighted by Gasteiger charge is -2.16. The van der Waals surface area contributed by atoms with E-state index in [1.807, 2.05) is 30.3 Å². The number of carboxylic acid groups (broad SMARTS) is 1. The minimum atomic E-state index is -1.01. The first-order chi connectivity index (χ1) is 12.5. The van der Waals surface area contributed by atoms with Gasteiger partial charge in [-0.3, -0.25) is 9.59 Å². The van der Waals surface area contributed by atoms with Crippen LogP contribution in [0.3, 0.4) is 0 Å². The first-order valence-corrected chi connectivity index (χ1v) is 9.08. The number of rotatable bonds is 6. The molecule has 0 saturated carbocycles. The van der Waals surface area contributed by atoms with E-state index in [2.05, 4.69) is 10.3 Å². The molecule has 0 aliphatic heterocycles. The Balaban J connectivity index is 1.78. The summed E-state index contributed by atoms with van der Waals surface area (Å²) in [5.41, 5.74) is 2.30. The minimum Gasteiger partial charge on any atom is -0.481 e. The van der Waals surface area contributed by atoms with Gasteiger partial charge in [-0.1, -0.05) is 54.1 Å². The minimum absolute atomic E-state index is 0.232. The molecule has 0 aliphatic carbocycles. The van der Waals surface area contributed by atoms with Crippen molar-refractivity contribution in [3.8, 4) is 11.3 Å². The van der Waals surface area contributed by atoms with Crippen molar-refractivity contribution in [2.24, 2.45) is 0 Å². The summed E-state index contributed by atoms with van der Waals surface area (Å²) in [5, 5.41) is 14.5. The van der Waals surface area contributed by atoms with Gasteiger partial charge in [-0.05, 0) is 17.7 Å². The van der Waals surface area contributed by atoms with Gasteiger partial charge in [0.1, 0.15) is 0 Å². The quantitative estimate of drug-likeness (QED) is 0.657. The van der Waals surface area contributed by atoms with E-state index in [0.717, 1.165) is 5.56 Å². The molecule has 5 nitrogen and oxygen atoms in total. The Hall–Kier alpha value is -2.70. The molecule has 0 aliphatic rings. The van der Waals surface area contributed by atoms with Gasteiger partial charge < -0.3 is 10.4 Å². The Labute approximate surface area is 159 Å². The van der Waals surface area contributed by atoms with E-state index in [0.29, 0.717) is 16.3 Å². The maximum Gasteiger partial charge on any atom is 0.305 e. The number of aliphatic carboxylic acids is 1. The zero-order valence-electron chi connectivity index (χ0n) is 13.6.